The largest absolute Gasteiger partial charge is 0.490 e. The predicted octanol–water partition coefficient (Wildman–Crippen LogP) is 3.12. The van der Waals surface area contributed by atoms with Gasteiger partial charge in [-0.3, -0.25) is 0 Å². The lowest BCUT2D eigenvalue weighted by Crippen LogP contribution is -2.38. The normalized spacial score (nSPS) is 25.6. The van der Waals surface area contributed by atoms with Crippen molar-refractivity contribution in [1.82, 2.24) is 5.32 Å². The first kappa shape index (κ1) is 14.2. The Morgan fingerprint density at radius 1 is 1.10 bits per heavy atom. The van der Waals surface area contributed by atoms with Crippen molar-refractivity contribution in [2.24, 2.45) is 11.8 Å². The molecular weight excluding hydrogens is 274 g/mol. The molecule has 2 atom stereocenters. The van der Waals surface area contributed by atoms with Crippen LogP contribution in [-0.2, 0) is 4.74 Å². The summed E-state index contributed by atoms with van der Waals surface area (Å²) in [5.41, 5.74) is 0. The number of ether oxygens (including phenoxy) is 2. The van der Waals surface area contributed by atoms with E-state index in [0.717, 1.165) is 49.9 Å². The number of hydrogen-bond donors (Lipinski definition) is 1. The van der Waals surface area contributed by atoms with Crippen LogP contribution >= 0.6 is 11.6 Å². The molecule has 0 aromatic heterocycles. The third kappa shape index (κ3) is 3.46. The van der Waals surface area contributed by atoms with Crippen LogP contribution in [0.2, 0.25) is 5.02 Å². The highest BCUT2D eigenvalue weighted by atomic mass is 35.5. The highest BCUT2D eigenvalue weighted by Gasteiger charge is 2.34. The van der Waals surface area contributed by atoms with E-state index in [1.165, 1.54) is 6.42 Å². The van der Waals surface area contributed by atoms with Crippen molar-refractivity contribution in [3.63, 3.8) is 0 Å². The fourth-order valence-corrected chi connectivity index (χ4v) is 3.38. The maximum Gasteiger partial charge on any atom is 0.119 e. The lowest BCUT2D eigenvalue weighted by atomic mass is 9.85. The van der Waals surface area contributed by atoms with E-state index in [2.05, 4.69) is 5.32 Å². The highest BCUT2D eigenvalue weighted by molar-refractivity contribution is 6.30. The SMILES string of the molecule is Clc1ccc(OC(C2CCOCC2)[C@@H]2CCNC2)cc1. The van der Waals surface area contributed by atoms with E-state index in [-0.39, 0.29) is 6.10 Å². The summed E-state index contributed by atoms with van der Waals surface area (Å²) in [6.07, 6.45) is 3.70. The fraction of sp³-hybridized carbons (Fsp3) is 0.625. The molecule has 0 radical (unpaired) electrons. The molecule has 3 nitrogen and oxygen atoms in total. The van der Waals surface area contributed by atoms with Crippen LogP contribution in [0.5, 0.6) is 5.75 Å². The molecule has 1 aromatic rings. The molecule has 1 unspecified atom stereocenters. The molecule has 1 aromatic carbocycles. The summed E-state index contributed by atoms with van der Waals surface area (Å²) in [4.78, 5) is 0. The van der Waals surface area contributed by atoms with E-state index in [1.807, 2.05) is 24.3 Å². The lowest BCUT2D eigenvalue weighted by Gasteiger charge is -2.34. The molecule has 2 fully saturated rings. The van der Waals surface area contributed by atoms with Gasteiger partial charge in [0.1, 0.15) is 11.9 Å². The van der Waals surface area contributed by atoms with Crippen LogP contribution in [0.3, 0.4) is 0 Å². The van der Waals surface area contributed by atoms with E-state index in [1.54, 1.807) is 0 Å². The second-order valence-corrected chi connectivity index (χ2v) is 6.18. The van der Waals surface area contributed by atoms with Gasteiger partial charge in [-0.2, -0.15) is 0 Å². The number of rotatable bonds is 4. The summed E-state index contributed by atoms with van der Waals surface area (Å²) in [6, 6.07) is 7.73. The van der Waals surface area contributed by atoms with Crippen molar-refractivity contribution in [3.05, 3.63) is 29.3 Å². The Bertz CT molecular complexity index is 411. The lowest BCUT2D eigenvalue weighted by molar-refractivity contribution is -0.00133. The smallest absolute Gasteiger partial charge is 0.119 e. The van der Waals surface area contributed by atoms with Crippen molar-refractivity contribution in [1.29, 1.82) is 0 Å². The maximum atomic E-state index is 6.34. The van der Waals surface area contributed by atoms with Crippen LogP contribution in [0.25, 0.3) is 0 Å². The molecule has 2 aliphatic rings. The molecule has 20 heavy (non-hydrogen) atoms. The quantitative estimate of drug-likeness (QED) is 0.926. The molecule has 0 aliphatic carbocycles. The molecule has 2 saturated heterocycles. The minimum atomic E-state index is 0.287. The summed E-state index contributed by atoms with van der Waals surface area (Å²) in [5.74, 6) is 2.14. The molecule has 2 heterocycles. The van der Waals surface area contributed by atoms with Crippen LogP contribution < -0.4 is 10.1 Å². The van der Waals surface area contributed by atoms with Crippen LogP contribution in [-0.4, -0.2) is 32.4 Å². The highest BCUT2D eigenvalue weighted by Crippen LogP contribution is 2.31. The monoisotopic (exact) mass is 295 g/mol. The van der Waals surface area contributed by atoms with Gasteiger partial charge in [0, 0.05) is 36.6 Å². The minimum absolute atomic E-state index is 0.287. The predicted molar refractivity (Wildman–Crippen MR) is 80.4 cm³/mol. The van der Waals surface area contributed by atoms with Crippen LogP contribution in [0.15, 0.2) is 24.3 Å². The number of nitrogens with one attached hydrogen (secondary N) is 1. The van der Waals surface area contributed by atoms with Gasteiger partial charge in [0.2, 0.25) is 0 Å². The second-order valence-electron chi connectivity index (χ2n) is 5.74. The Labute approximate surface area is 125 Å². The summed E-state index contributed by atoms with van der Waals surface area (Å²) in [7, 11) is 0. The van der Waals surface area contributed by atoms with Crippen molar-refractivity contribution < 1.29 is 9.47 Å². The molecule has 4 heteroatoms. The van der Waals surface area contributed by atoms with Crippen LogP contribution in [0, 0.1) is 11.8 Å². The van der Waals surface area contributed by atoms with Crippen molar-refractivity contribution in [3.8, 4) is 5.75 Å². The molecule has 0 bridgehead atoms. The zero-order valence-electron chi connectivity index (χ0n) is 11.7. The number of halogens is 1. The summed E-state index contributed by atoms with van der Waals surface area (Å²) >= 11 is 5.94. The van der Waals surface area contributed by atoms with Crippen molar-refractivity contribution in [2.75, 3.05) is 26.3 Å². The van der Waals surface area contributed by atoms with Gasteiger partial charge in [-0.05, 0) is 50.1 Å². The number of benzene rings is 1. The van der Waals surface area contributed by atoms with Gasteiger partial charge in [0.15, 0.2) is 0 Å². The van der Waals surface area contributed by atoms with Gasteiger partial charge in [0.05, 0.1) is 0 Å². The van der Waals surface area contributed by atoms with E-state index in [0.29, 0.717) is 11.8 Å². The Morgan fingerprint density at radius 3 is 2.50 bits per heavy atom. The summed E-state index contributed by atoms with van der Waals surface area (Å²) in [6.45, 7) is 3.90. The Balaban J connectivity index is 1.71. The van der Waals surface area contributed by atoms with Crippen molar-refractivity contribution >= 4 is 11.6 Å². The van der Waals surface area contributed by atoms with Gasteiger partial charge in [0.25, 0.3) is 0 Å². The van der Waals surface area contributed by atoms with Gasteiger partial charge in [-0.1, -0.05) is 11.6 Å². The number of hydrogen-bond acceptors (Lipinski definition) is 3. The molecule has 0 amide bonds. The first-order valence-corrected chi connectivity index (χ1v) is 7.91. The van der Waals surface area contributed by atoms with E-state index in [9.17, 15) is 0 Å². The van der Waals surface area contributed by atoms with Gasteiger partial charge in [-0.25, -0.2) is 0 Å². The molecule has 0 saturated carbocycles. The second kappa shape index (κ2) is 6.79. The van der Waals surface area contributed by atoms with E-state index >= 15 is 0 Å². The molecule has 2 aliphatic heterocycles. The standard InChI is InChI=1S/C16H22ClNO2/c17-14-1-3-15(4-2-14)20-16(13-5-8-18-11-13)12-6-9-19-10-7-12/h1-4,12-13,16,18H,5-11H2/t13-,16?/m1/s1. The average Bonchev–Trinajstić information content (AvgIpc) is 3.01. The Kier molecular flexibility index (Phi) is 4.81. The zero-order chi connectivity index (χ0) is 13.8. The topological polar surface area (TPSA) is 30.5 Å². The molecule has 1 N–H and O–H groups in total. The Morgan fingerprint density at radius 2 is 1.85 bits per heavy atom. The molecule has 3 rings (SSSR count). The minimum Gasteiger partial charge on any atom is -0.490 e. The van der Waals surface area contributed by atoms with Crippen molar-refractivity contribution in [2.45, 2.75) is 25.4 Å². The third-order valence-electron chi connectivity index (χ3n) is 4.38. The van der Waals surface area contributed by atoms with Gasteiger partial charge in [-0.15, -0.1) is 0 Å². The van der Waals surface area contributed by atoms with Gasteiger partial charge >= 0.3 is 0 Å². The van der Waals surface area contributed by atoms with E-state index < -0.39 is 0 Å². The molecular formula is C16H22ClNO2. The van der Waals surface area contributed by atoms with E-state index in [4.69, 9.17) is 21.1 Å². The fourth-order valence-electron chi connectivity index (χ4n) is 3.25. The first-order valence-electron chi connectivity index (χ1n) is 7.53. The maximum absolute atomic E-state index is 6.34. The third-order valence-corrected chi connectivity index (χ3v) is 4.63. The first-order chi connectivity index (χ1) is 9.83. The van der Waals surface area contributed by atoms with Crippen LogP contribution in [0.1, 0.15) is 19.3 Å². The summed E-state index contributed by atoms with van der Waals surface area (Å²) < 4.78 is 11.8. The molecule has 110 valence electrons. The molecule has 0 spiro atoms. The average molecular weight is 296 g/mol. The zero-order valence-corrected chi connectivity index (χ0v) is 12.4. The summed E-state index contributed by atoms with van der Waals surface area (Å²) in [5, 5.41) is 4.21. The van der Waals surface area contributed by atoms with Crippen LogP contribution in [0.4, 0.5) is 0 Å². The Hall–Kier alpha value is -0.770. The van der Waals surface area contributed by atoms with Gasteiger partial charge < -0.3 is 14.8 Å².